The first-order valence-corrected chi connectivity index (χ1v) is 9.42. The number of ether oxygens (including phenoxy) is 1. The Morgan fingerprint density at radius 1 is 1.11 bits per heavy atom. The van der Waals surface area contributed by atoms with Gasteiger partial charge in [0.1, 0.15) is 5.69 Å². The highest BCUT2D eigenvalue weighted by molar-refractivity contribution is 5.92. The van der Waals surface area contributed by atoms with E-state index in [4.69, 9.17) is 4.74 Å². The molecule has 1 amide bonds. The van der Waals surface area contributed by atoms with Crippen molar-refractivity contribution in [2.45, 2.75) is 24.6 Å². The minimum Gasteiger partial charge on any atom is -0.371 e. The molecule has 0 saturated carbocycles. The molecule has 3 heterocycles. The lowest BCUT2D eigenvalue weighted by molar-refractivity contribution is -0.0502. The van der Waals surface area contributed by atoms with Gasteiger partial charge in [-0.15, -0.1) is 0 Å². The third kappa shape index (κ3) is 3.41. The Kier molecular flexibility index (Phi) is 4.91. The summed E-state index contributed by atoms with van der Waals surface area (Å²) in [6, 6.07) is 11.5. The molecule has 0 unspecified atom stereocenters. The number of carbonyl (C=O) groups is 1. The zero-order valence-corrected chi connectivity index (χ0v) is 16.0. The Balaban J connectivity index is 1.44. The molecule has 1 aromatic carbocycles. The standard InChI is InChI=1S/C20H24N4O4/c1-22-16(9-18(25)23(2)20(22)27)19(26)21-14-8-15-12-28-17(11-24(15)10-14)13-6-4-3-5-7-13/h3-7,9,14-15,17H,8,10-12H2,1-2H3,(H,21,26)/t14-,15+,17-/m1/s1. The monoisotopic (exact) mass is 384 g/mol. The van der Waals surface area contributed by atoms with Crippen molar-refractivity contribution in [2.24, 2.45) is 14.1 Å². The zero-order chi connectivity index (χ0) is 19.8. The molecule has 2 aromatic rings. The molecule has 8 nitrogen and oxygen atoms in total. The van der Waals surface area contributed by atoms with Crippen LogP contribution in [0.5, 0.6) is 0 Å². The minimum absolute atomic E-state index is 0.0323. The van der Waals surface area contributed by atoms with E-state index in [1.165, 1.54) is 24.7 Å². The van der Waals surface area contributed by atoms with Crippen LogP contribution in [0.3, 0.4) is 0 Å². The van der Waals surface area contributed by atoms with E-state index in [1.54, 1.807) is 0 Å². The lowest BCUT2D eigenvalue weighted by Gasteiger charge is -2.35. The maximum atomic E-state index is 12.7. The lowest BCUT2D eigenvalue weighted by Crippen LogP contribution is -2.44. The average molecular weight is 384 g/mol. The van der Waals surface area contributed by atoms with E-state index in [2.05, 4.69) is 22.3 Å². The van der Waals surface area contributed by atoms with Crippen LogP contribution in [0.2, 0.25) is 0 Å². The van der Waals surface area contributed by atoms with Crippen LogP contribution in [0.1, 0.15) is 28.6 Å². The van der Waals surface area contributed by atoms with Gasteiger partial charge in [-0.3, -0.25) is 23.6 Å². The number of aromatic nitrogens is 2. The number of hydrogen-bond donors (Lipinski definition) is 1. The molecule has 0 radical (unpaired) electrons. The smallest absolute Gasteiger partial charge is 0.331 e. The Morgan fingerprint density at radius 3 is 2.61 bits per heavy atom. The summed E-state index contributed by atoms with van der Waals surface area (Å²) in [6.07, 6.45) is 0.816. The third-order valence-corrected chi connectivity index (χ3v) is 5.68. The van der Waals surface area contributed by atoms with Crippen molar-refractivity contribution >= 4 is 5.91 Å². The minimum atomic E-state index is -0.513. The predicted octanol–water partition coefficient (Wildman–Crippen LogP) is 0.0282. The fourth-order valence-electron chi connectivity index (χ4n) is 4.06. The summed E-state index contributed by atoms with van der Waals surface area (Å²) in [4.78, 5) is 38.9. The van der Waals surface area contributed by atoms with Crippen molar-refractivity contribution in [3.63, 3.8) is 0 Å². The highest BCUT2D eigenvalue weighted by Gasteiger charge is 2.38. The van der Waals surface area contributed by atoms with Crippen LogP contribution in [0.25, 0.3) is 0 Å². The number of fused-ring (bicyclic) bond motifs is 1. The van der Waals surface area contributed by atoms with Gasteiger partial charge in [-0.25, -0.2) is 4.79 Å². The van der Waals surface area contributed by atoms with E-state index in [-0.39, 0.29) is 23.9 Å². The molecule has 2 aliphatic heterocycles. The van der Waals surface area contributed by atoms with Crippen LogP contribution >= 0.6 is 0 Å². The Bertz CT molecular complexity index is 998. The van der Waals surface area contributed by atoms with Gasteiger partial charge in [-0.1, -0.05) is 30.3 Å². The van der Waals surface area contributed by atoms with Crippen molar-refractivity contribution in [1.29, 1.82) is 0 Å². The summed E-state index contributed by atoms with van der Waals surface area (Å²) in [5, 5.41) is 2.98. The largest absolute Gasteiger partial charge is 0.371 e. The zero-order valence-electron chi connectivity index (χ0n) is 16.0. The lowest BCUT2D eigenvalue weighted by atomic mass is 10.1. The molecule has 0 bridgehead atoms. The van der Waals surface area contributed by atoms with Crippen molar-refractivity contribution in [3.05, 3.63) is 68.5 Å². The molecular formula is C20H24N4O4. The van der Waals surface area contributed by atoms with Crippen LogP contribution < -0.4 is 16.6 Å². The summed E-state index contributed by atoms with van der Waals surface area (Å²) in [7, 11) is 2.89. The highest BCUT2D eigenvalue weighted by atomic mass is 16.5. The number of rotatable bonds is 3. The van der Waals surface area contributed by atoms with Gasteiger partial charge in [-0.05, 0) is 12.0 Å². The molecule has 1 aromatic heterocycles. The van der Waals surface area contributed by atoms with E-state index >= 15 is 0 Å². The fraction of sp³-hybridized carbons (Fsp3) is 0.450. The third-order valence-electron chi connectivity index (χ3n) is 5.68. The second-order valence-electron chi connectivity index (χ2n) is 7.51. The molecule has 2 saturated heterocycles. The molecule has 2 aliphatic rings. The molecule has 2 fully saturated rings. The Hall–Kier alpha value is -2.71. The first-order chi connectivity index (χ1) is 13.4. The van der Waals surface area contributed by atoms with Crippen LogP contribution in [0.15, 0.2) is 46.0 Å². The van der Waals surface area contributed by atoms with Crippen molar-refractivity contribution in [1.82, 2.24) is 19.4 Å². The SMILES string of the molecule is Cn1c(C(=O)N[C@@H]2C[C@H]3CO[C@@H](c4ccccc4)CN3C2)cc(=O)n(C)c1=O. The quantitative estimate of drug-likeness (QED) is 0.807. The number of hydrogen-bond acceptors (Lipinski definition) is 5. The number of morpholine rings is 1. The molecule has 3 atom stereocenters. The normalized spacial score (nSPS) is 24.7. The van der Waals surface area contributed by atoms with Gasteiger partial charge in [0.25, 0.3) is 11.5 Å². The van der Waals surface area contributed by atoms with E-state index < -0.39 is 17.2 Å². The van der Waals surface area contributed by atoms with E-state index in [0.29, 0.717) is 6.61 Å². The number of nitrogens with one attached hydrogen (secondary N) is 1. The molecular weight excluding hydrogens is 360 g/mol. The summed E-state index contributed by atoms with van der Waals surface area (Å²) in [6.45, 7) is 2.13. The van der Waals surface area contributed by atoms with Crippen LogP contribution in [0.4, 0.5) is 0 Å². The molecule has 148 valence electrons. The summed E-state index contributed by atoms with van der Waals surface area (Å²) in [5.74, 6) is -0.400. The highest BCUT2D eigenvalue weighted by Crippen LogP contribution is 2.30. The summed E-state index contributed by atoms with van der Waals surface area (Å²) in [5.41, 5.74) is 0.233. The van der Waals surface area contributed by atoms with Gasteiger partial charge in [0.2, 0.25) is 0 Å². The second kappa shape index (κ2) is 7.37. The summed E-state index contributed by atoms with van der Waals surface area (Å²) >= 11 is 0. The topological polar surface area (TPSA) is 85.6 Å². The molecule has 0 spiro atoms. The van der Waals surface area contributed by atoms with Gasteiger partial charge < -0.3 is 10.1 Å². The van der Waals surface area contributed by atoms with Crippen LogP contribution in [-0.2, 0) is 18.8 Å². The predicted molar refractivity (Wildman–Crippen MR) is 103 cm³/mol. The number of carbonyl (C=O) groups excluding carboxylic acids is 1. The number of nitrogens with zero attached hydrogens (tertiary/aromatic N) is 3. The first-order valence-electron chi connectivity index (χ1n) is 9.42. The van der Waals surface area contributed by atoms with Gasteiger partial charge in [-0.2, -0.15) is 0 Å². The maximum absolute atomic E-state index is 12.7. The van der Waals surface area contributed by atoms with Gasteiger partial charge in [0.05, 0.1) is 12.7 Å². The Labute approximate surface area is 162 Å². The van der Waals surface area contributed by atoms with Crippen molar-refractivity contribution in [3.8, 4) is 0 Å². The van der Waals surface area contributed by atoms with Crippen molar-refractivity contribution < 1.29 is 9.53 Å². The molecule has 28 heavy (non-hydrogen) atoms. The van der Waals surface area contributed by atoms with E-state index in [9.17, 15) is 14.4 Å². The summed E-state index contributed by atoms with van der Waals surface area (Å²) < 4.78 is 8.22. The second-order valence-corrected chi connectivity index (χ2v) is 7.51. The Morgan fingerprint density at radius 2 is 1.86 bits per heavy atom. The van der Waals surface area contributed by atoms with Crippen LogP contribution in [-0.4, -0.2) is 51.7 Å². The van der Waals surface area contributed by atoms with Gasteiger partial charge in [0.15, 0.2) is 0 Å². The maximum Gasteiger partial charge on any atom is 0.331 e. The molecule has 4 rings (SSSR count). The van der Waals surface area contributed by atoms with Gasteiger partial charge >= 0.3 is 5.69 Å². The molecule has 8 heteroatoms. The molecule has 1 N–H and O–H groups in total. The van der Waals surface area contributed by atoms with Gasteiger partial charge in [0, 0.05) is 45.3 Å². The van der Waals surface area contributed by atoms with Crippen molar-refractivity contribution in [2.75, 3.05) is 19.7 Å². The number of amides is 1. The molecule has 0 aliphatic carbocycles. The van der Waals surface area contributed by atoms with E-state index in [0.717, 1.165) is 29.6 Å². The fourth-order valence-corrected chi connectivity index (χ4v) is 4.06. The average Bonchev–Trinajstić information content (AvgIpc) is 3.11. The number of benzene rings is 1. The van der Waals surface area contributed by atoms with Crippen LogP contribution in [0, 0.1) is 0 Å². The van der Waals surface area contributed by atoms with E-state index in [1.807, 2.05) is 18.2 Å². The first kappa shape index (κ1) is 18.6.